The van der Waals surface area contributed by atoms with Gasteiger partial charge in [-0.2, -0.15) is 0 Å². The second kappa shape index (κ2) is 9.62. The van der Waals surface area contributed by atoms with E-state index in [9.17, 15) is 9.59 Å². The van der Waals surface area contributed by atoms with Gasteiger partial charge in [-0.05, 0) is 38.0 Å². The molecule has 0 radical (unpaired) electrons. The van der Waals surface area contributed by atoms with Crippen molar-refractivity contribution in [3.05, 3.63) is 71.3 Å². The van der Waals surface area contributed by atoms with Crippen molar-refractivity contribution in [2.45, 2.75) is 26.7 Å². The summed E-state index contributed by atoms with van der Waals surface area (Å²) in [5.74, 6) is -0.329. The maximum Gasteiger partial charge on any atom is 0.307 e. The van der Waals surface area contributed by atoms with Crippen LogP contribution in [0.25, 0.3) is 0 Å². The van der Waals surface area contributed by atoms with Crippen LogP contribution in [-0.2, 0) is 16.0 Å². The Morgan fingerprint density at radius 2 is 1.64 bits per heavy atom. The fourth-order valence-electron chi connectivity index (χ4n) is 2.56. The third kappa shape index (κ3) is 6.07. The summed E-state index contributed by atoms with van der Waals surface area (Å²) in [7, 11) is 0. The van der Waals surface area contributed by atoms with Crippen molar-refractivity contribution in [2.75, 3.05) is 19.7 Å². The minimum absolute atomic E-state index is 0.0553. The van der Waals surface area contributed by atoms with Crippen molar-refractivity contribution in [3.63, 3.8) is 0 Å². The molecule has 2 aromatic carbocycles. The van der Waals surface area contributed by atoms with Crippen LogP contribution in [0.3, 0.4) is 0 Å². The molecule has 0 atom stereocenters. The molecular weight excluding hydrogens is 314 g/mol. The average molecular weight is 339 g/mol. The standard InChI is InChI=1S/C21H25NO3/c1-3-25-20(23)14-16-22(15-13-18-7-5-4-6-8-18)21(24)19-11-9-17(2)10-12-19/h4-12H,3,13-16H2,1-2H3. The number of hydrogen-bond acceptors (Lipinski definition) is 3. The smallest absolute Gasteiger partial charge is 0.307 e. The van der Waals surface area contributed by atoms with Crippen LogP contribution < -0.4 is 0 Å². The summed E-state index contributed by atoms with van der Waals surface area (Å²) >= 11 is 0. The predicted octanol–water partition coefficient (Wildman–Crippen LogP) is 3.63. The molecule has 0 spiro atoms. The molecule has 0 fully saturated rings. The zero-order chi connectivity index (χ0) is 18.1. The van der Waals surface area contributed by atoms with Crippen molar-refractivity contribution in [2.24, 2.45) is 0 Å². The Hall–Kier alpha value is -2.62. The molecule has 0 heterocycles. The summed E-state index contributed by atoms with van der Waals surface area (Å²) in [6.07, 6.45) is 0.960. The van der Waals surface area contributed by atoms with Gasteiger partial charge in [0.1, 0.15) is 0 Å². The van der Waals surface area contributed by atoms with Gasteiger partial charge < -0.3 is 9.64 Å². The van der Waals surface area contributed by atoms with E-state index in [1.807, 2.05) is 61.5 Å². The van der Waals surface area contributed by atoms with Crippen LogP contribution in [0.2, 0.25) is 0 Å². The maximum absolute atomic E-state index is 12.8. The Morgan fingerprint density at radius 3 is 2.28 bits per heavy atom. The third-order valence-electron chi connectivity index (χ3n) is 3.99. The molecule has 2 aromatic rings. The highest BCUT2D eigenvalue weighted by Gasteiger charge is 2.17. The number of ether oxygens (including phenoxy) is 1. The van der Waals surface area contributed by atoms with Crippen molar-refractivity contribution in [1.82, 2.24) is 4.90 Å². The van der Waals surface area contributed by atoms with Crippen molar-refractivity contribution in [1.29, 1.82) is 0 Å². The number of rotatable bonds is 8. The van der Waals surface area contributed by atoms with Crippen LogP contribution >= 0.6 is 0 Å². The van der Waals surface area contributed by atoms with E-state index in [1.165, 1.54) is 5.56 Å². The minimum Gasteiger partial charge on any atom is -0.466 e. The monoisotopic (exact) mass is 339 g/mol. The van der Waals surface area contributed by atoms with E-state index in [-0.39, 0.29) is 18.3 Å². The average Bonchev–Trinajstić information content (AvgIpc) is 2.63. The Kier molecular flexibility index (Phi) is 7.20. The molecule has 2 rings (SSSR count). The van der Waals surface area contributed by atoms with E-state index in [0.717, 1.165) is 12.0 Å². The van der Waals surface area contributed by atoms with Crippen LogP contribution in [0.15, 0.2) is 54.6 Å². The van der Waals surface area contributed by atoms with Gasteiger partial charge in [0, 0.05) is 18.7 Å². The molecule has 25 heavy (non-hydrogen) atoms. The number of esters is 1. The van der Waals surface area contributed by atoms with E-state index >= 15 is 0 Å². The van der Waals surface area contributed by atoms with Crippen molar-refractivity contribution in [3.8, 4) is 0 Å². The Bertz CT molecular complexity index is 680. The molecule has 0 aliphatic heterocycles. The SMILES string of the molecule is CCOC(=O)CCN(CCc1ccccc1)C(=O)c1ccc(C)cc1. The summed E-state index contributed by atoms with van der Waals surface area (Å²) in [5.41, 5.74) is 2.92. The lowest BCUT2D eigenvalue weighted by atomic mass is 10.1. The van der Waals surface area contributed by atoms with E-state index in [1.54, 1.807) is 11.8 Å². The number of amides is 1. The van der Waals surface area contributed by atoms with E-state index < -0.39 is 0 Å². The molecule has 0 saturated carbocycles. The number of carbonyl (C=O) groups is 2. The highest BCUT2D eigenvalue weighted by atomic mass is 16.5. The Balaban J connectivity index is 2.05. The second-order valence-electron chi connectivity index (χ2n) is 5.95. The number of carbonyl (C=O) groups excluding carboxylic acids is 2. The van der Waals surface area contributed by atoms with Crippen molar-refractivity contribution < 1.29 is 14.3 Å². The highest BCUT2D eigenvalue weighted by Crippen LogP contribution is 2.10. The Labute approximate surface area is 149 Å². The fourth-order valence-corrected chi connectivity index (χ4v) is 2.56. The van der Waals surface area contributed by atoms with E-state index in [4.69, 9.17) is 4.74 Å². The molecule has 0 saturated heterocycles. The van der Waals surface area contributed by atoms with Gasteiger partial charge in [-0.15, -0.1) is 0 Å². The van der Waals surface area contributed by atoms with Gasteiger partial charge in [0.2, 0.25) is 0 Å². The molecule has 132 valence electrons. The summed E-state index contributed by atoms with van der Waals surface area (Å²) < 4.78 is 4.98. The minimum atomic E-state index is -0.274. The van der Waals surface area contributed by atoms with Gasteiger partial charge in [0.05, 0.1) is 13.0 Å². The molecule has 4 heteroatoms. The first-order valence-corrected chi connectivity index (χ1v) is 8.65. The lowest BCUT2D eigenvalue weighted by molar-refractivity contribution is -0.143. The van der Waals surface area contributed by atoms with Crippen LogP contribution in [0.5, 0.6) is 0 Å². The van der Waals surface area contributed by atoms with Gasteiger partial charge in [-0.1, -0.05) is 48.0 Å². The third-order valence-corrected chi connectivity index (χ3v) is 3.99. The van der Waals surface area contributed by atoms with E-state index in [0.29, 0.717) is 25.3 Å². The van der Waals surface area contributed by atoms with Crippen molar-refractivity contribution >= 4 is 11.9 Å². The lowest BCUT2D eigenvalue weighted by Crippen LogP contribution is -2.35. The first kappa shape index (κ1) is 18.7. The molecule has 0 N–H and O–H groups in total. The van der Waals surface area contributed by atoms with Crippen LogP contribution in [0.4, 0.5) is 0 Å². The van der Waals surface area contributed by atoms with Crippen LogP contribution in [0, 0.1) is 6.92 Å². The summed E-state index contributed by atoms with van der Waals surface area (Å²) in [6.45, 7) is 5.05. The van der Waals surface area contributed by atoms with E-state index in [2.05, 4.69) is 0 Å². The van der Waals surface area contributed by atoms with Gasteiger partial charge in [-0.25, -0.2) is 0 Å². The summed E-state index contributed by atoms with van der Waals surface area (Å²) in [4.78, 5) is 26.2. The second-order valence-corrected chi connectivity index (χ2v) is 5.95. The van der Waals surface area contributed by atoms with Crippen LogP contribution in [-0.4, -0.2) is 36.5 Å². The summed E-state index contributed by atoms with van der Waals surface area (Å²) in [6, 6.07) is 17.5. The largest absolute Gasteiger partial charge is 0.466 e. The molecule has 0 bridgehead atoms. The number of nitrogens with zero attached hydrogens (tertiary/aromatic N) is 1. The molecule has 4 nitrogen and oxygen atoms in total. The molecule has 0 unspecified atom stereocenters. The molecule has 0 aliphatic rings. The molecule has 0 aromatic heterocycles. The predicted molar refractivity (Wildman–Crippen MR) is 98.5 cm³/mol. The summed E-state index contributed by atoms with van der Waals surface area (Å²) in [5, 5.41) is 0. The number of hydrogen-bond donors (Lipinski definition) is 0. The van der Waals surface area contributed by atoms with Gasteiger partial charge in [-0.3, -0.25) is 9.59 Å². The quantitative estimate of drug-likeness (QED) is 0.690. The molecular formula is C21H25NO3. The van der Waals surface area contributed by atoms with Gasteiger partial charge in [0.25, 0.3) is 5.91 Å². The number of benzene rings is 2. The Morgan fingerprint density at radius 1 is 0.960 bits per heavy atom. The topological polar surface area (TPSA) is 46.6 Å². The van der Waals surface area contributed by atoms with Crippen LogP contribution in [0.1, 0.15) is 34.8 Å². The fraction of sp³-hybridized carbons (Fsp3) is 0.333. The van der Waals surface area contributed by atoms with Gasteiger partial charge in [0.15, 0.2) is 0 Å². The first-order chi connectivity index (χ1) is 12.1. The highest BCUT2D eigenvalue weighted by molar-refractivity contribution is 5.94. The first-order valence-electron chi connectivity index (χ1n) is 8.65. The lowest BCUT2D eigenvalue weighted by Gasteiger charge is -2.22. The maximum atomic E-state index is 12.8. The normalized spacial score (nSPS) is 10.3. The molecule has 1 amide bonds. The van der Waals surface area contributed by atoms with Gasteiger partial charge >= 0.3 is 5.97 Å². The zero-order valence-corrected chi connectivity index (χ0v) is 14.9. The zero-order valence-electron chi connectivity index (χ0n) is 14.9. The molecule has 0 aliphatic carbocycles. The number of aryl methyl sites for hydroxylation is 1.